The number of benzene rings is 2. The molecular weight excluding hydrogens is 432 g/mol. The molecule has 6 nitrogen and oxygen atoms in total. The zero-order valence-electron chi connectivity index (χ0n) is 19.8. The van der Waals surface area contributed by atoms with Crippen LogP contribution in [0.25, 0.3) is 11.4 Å². The number of nitrogens with zero attached hydrogens (tertiary/aromatic N) is 4. The van der Waals surface area contributed by atoms with Crippen molar-refractivity contribution in [2.45, 2.75) is 44.9 Å². The Hall–Kier alpha value is -2.77. The van der Waals surface area contributed by atoms with Gasteiger partial charge in [0.25, 0.3) is 0 Å². The molecule has 0 amide bonds. The number of aryl methyl sites for hydroxylation is 2. The number of aromatic nitrogens is 2. The van der Waals surface area contributed by atoms with Gasteiger partial charge in [-0.25, -0.2) is 18.4 Å². The average molecular weight is 465 g/mol. The number of anilines is 1. The quantitative estimate of drug-likeness (QED) is 0.543. The maximum Gasteiger partial charge on any atom is 0.243 e. The van der Waals surface area contributed by atoms with Gasteiger partial charge in [-0.3, -0.25) is 0 Å². The highest BCUT2D eigenvalue weighted by molar-refractivity contribution is 7.89. The highest BCUT2D eigenvalue weighted by atomic mass is 32.2. The van der Waals surface area contributed by atoms with Gasteiger partial charge in [0.05, 0.1) is 4.90 Å². The minimum Gasteiger partial charge on any atom is -0.355 e. The van der Waals surface area contributed by atoms with Gasteiger partial charge >= 0.3 is 0 Å². The molecule has 2 aromatic carbocycles. The molecule has 4 rings (SSSR count). The van der Waals surface area contributed by atoms with Crippen LogP contribution in [-0.2, 0) is 10.0 Å². The molecule has 1 aliphatic heterocycles. The van der Waals surface area contributed by atoms with Crippen LogP contribution in [0.2, 0.25) is 0 Å². The molecule has 0 spiro atoms. The Balaban J connectivity index is 1.65. The van der Waals surface area contributed by atoms with Crippen molar-refractivity contribution >= 4 is 15.8 Å². The van der Waals surface area contributed by atoms with Gasteiger partial charge in [0.15, 0.2) is 5.82 Å². The third kappa shape index (κ3) is 4.94. The molecule has 0 bridgehead atoms. The minimum absolute atomic E-state index is 0.264. The zero-order valence-corrected chi connectivity index (χ0v) is 20.6. The van der Waals surface area contributed by atoms with Crippen LogP contribution in [0.4, 0.5) is 5.82 Å². The first-order valence-corrected chi connectivity index (χ1v) is 13.0. The molecule has 0 N–H and O–H groups in total. The van der Waals surface area contributed by atoms with Gasteiger partial charge in [-0.05, 0) is 38.3 Å². The Morgan fingerprint density at radius 2 is 1.55 bits per heavy atom. The standard InChI is InChI=1S/C26H32N4O2S/c1-19(2)24-21(4)27-25(22-9-6-5-7-10-22)28-26(24)29-15-8-16-30(18-17-29)33(31,32)23-13-11-20(3)12-14-23/h5-7,9-14,19H,8,15-18H2,1-4H3. The van der Waals surface area contributed by atoms with Crippen LogP contribution in [0.3, 0.4) is 0 Å². The topological polar surface area (TPSA) is 66.4 Å². The second kappa shape index (κ2) is 9.61. The predicted molar refractivity (Wildman–Crippen MR) is 133 cm³/mol. The van der Waals surface area contributed by atoms with Gasteiger partial charge in [-0.15, -0.1) is 0 Å². The summed E-state index contributed by atoms with van der Waals surface area (Å²) in [5.74, 6) is 1.90. The lowest BCUT2D eigenvalue weighted by molar-refractivity contribution is 0.433. The van der Waals surface area contributed by atoms with E-state index in [9.17, 15) is 8.42 Å². The van der Waals surface area contributed by atoms with Gasteiger partial charge in [-0.1, -0.05) is 61.9 Å². The van der Waals surface area contributed by atoms with Crippen molar-refractivity contribution in [2.24, 2.45) is 0 Å². The fourth-order valence-corrected chi connectivity index (χ4v) is 5.87. The molecule has 0 atom stereocenters. The molecule has 1 aromatic heterocycles. The lowest BCUT2D eigenvalue weighted by Gasteiger charge is -2.27. The van der Waals surface area contributed by atoms with E-state index in [-0.39, 0.29) is 5.92 Å². The lowest BCUT2D eigenvalue weighted by atomic mass is 10.0. The highest BCUT2D eigenvalue weighted by Crippen LogP contribution is 2.31. The highest BCUT2D eigenvalue weighted by Gasteiger charge is 2.29. The van der Waals surface area contributed by atoms with E-state index in [1.165, 1.54) is 0 Å². The lowest BCUT2D eigenvalue weighted by Crippen LogP contribution is -2.35. The maximum atomic E-state index is 13.2. The molecule has 1 aliphatic rings. The monoisotopic (exact) mass is 464 g/mol. The summed E-state index contributed by atoms with van der Waals surface area (Å²) in [4.78, 5) is 12.4. The van der Waals surface area contributed by atoms with Crippen molar-refractivity contribution in [2.75, 3.05) is 31.1 Å². The first-order chi connectivity index (χ1) is 15.8. The van der Waals surface area contributed by atoms with Crippen molar-refractivity contribution < 1.29 is 8.42 Å². The summed E-state index contributed by atoms with van der Waals surface area (Å²) in [6.45, 7) is 10.6. The van der Waals surface area contributed by atoms with Gasteiger partial charge in [0.1, 0.15) is 5.82 Å². The smallest absolute Gasteiger partial charge is 0.243 e. The molecule has 0 unspecified atom stereocenters. The Morgan fingerprint density at radius 1 is 0.848 bits per heavy atom. The third-order valence-electron chi connectivity index (χ3n) is 6.14. The molecule has 33 heavy (non-hydrogen) atoms. The maximum absolute atomic E-state index is 13.2. The summed E-state index contributed by atoms with van der Waals surface area (Å²) in [6, 6.07) is 17.1. The summed E-state index contributed by atoms with van der Waals surface area (Å²) >= 11 is 0. The molecular formula is C26H32N4O2S. The zero-order chi connectivity index (χ0) is 23.6. The van der Waals surface area contributed by atoms with Crippen molar-refractivity contribution in [1.29, 1.82) is 0 Å². The predicted octanol–water partition coefficient (Wildman–Crippen LogP) is 4.78. The van der Waals surface area contributed by atoms with Gasteiger partial charge in [0, 0.05) is 43.0 Å². The fourth-order valence-electron chi connectivity index (χ4n) is 4.41. The Kier molecular flexibility index (Phi) is 6.81. The number of hydrogen-bond acceptors (Lipinski definition) is 5. The van der Waals surface area contributed by atoms with E-state index in [1.807, 2.05) is 56.3 Å². The van der Waals surface area contributed by atoms with Crippen LogP contribution >= 0.6 is 0 Å². The molecule has 2 heterocycles. The van der Waals surface area contributed by atoms with E-state index < -0.39 is 10.0 Å². The van der Waals surface area contributed by atoms with Crippen LogP contribution in [-0.4, -0.2) is 48.9 Å². The molecule has 0 radical (unpaired) electrons. The number of rotatable bonds is 5. The van der Waals surface area contributed by atoms with Crippen molar-refractivity contribution in [3.05, 3.63) is 71.4 Å². The Morgan fingerprint density at radius 3 is 2.21 bits per heavy atom. The van der Waals surface area contributed by atoms with Crippen LogP contribution in [0.1, 0.15) is 43.0 Å². The number of sulfonamides is 1. The summed E-state index contributed by atoms with van der Waals surface area (Å²) in [5, 5.41) is 0. The van der Waals surface area contributed by atoms with E-state index in [1.54, 1.807) is 16.4 Å². The largest absolute Gasteiger partial charge is 0.355 e. The summed E-state index contributed by atoms with van der Waals surface area (Å²) < 4.78 is 28.1. The SMILES string of the molecule is Cc1ccc(S(=O)(=O)N2CCCN(c3nc(-c4ccccc4)nc(C)c3C(C)C)CC2)cc1. The molecule has 0 saturated carbocycles. The Bertz CT molecular complexity index is 1210. The fraction of sp³-hybridized carbons (Fsp3) is 0.385. The van der Waals surface area contributed by atoms with Crippen molar-refractivity contribution in [3.8, 4) is 11.4 Å². The van der Waals surface area contributed by atoms with Gasteiger partial charge < -0.3 is 4.90 Å². The minimum atomic E-state index is -3.52. The normalized spacial score (nSPS) is 15.6. The second-order valence-electron chi connectivity index (χ2n) is 8.95. The summed E-state index contributed by atoms with van der Waals surface area (Å²) in [6.07, 6.45) is 0.742. The molecule has 0 aliphatic carbocycles. The van der Waals surface area contributed by atoms with E-state index in [0.717, 1.165) is 41.2 Å². The molecule has 1 saturated heterocycles. The third-order valence-corrected chi connectivity index (χ3v) is 8.05. The Labute approximate surface area is 197 Å². The molecule has 7 heteroatoms. The average Bonchev–Trinajstić information content (AvgIpc) is 3.06. The first-order valence-electron chi connectivity index (χ1n) is 11.5. The van der Waals surface area contributed by atoms with Crippen molar-refractivity contribution in [1.82, 2.24) is 14.3 Å². The number of hydrogen-bond donors (Lipinski definition) is 0. The van der Waals surface area contributed by atoms with E-state index in [0.29, 0.717) is 30.4 Å². The van der Waals surface area contributed by atoms with Crippen molar-refractivity contribution in [3.63, 3.8) is 0 Å². The molecule has 1 fully saturated rings. The van der Waals surface area contributed by atoms with Crippen LogP contribution in [0, 0.1) is 13.8 Å². The second-order valence-corrected chi connectivity index (χ2v) is 10.9. The van der Waals surface area contributed by atoms with Crippen LogP contribution < -0.4 is 4.90 Å². The van der Waals surface area contributed by atoms with Crippen LogP contribution in [0.5, 0.6) is 0 Å². The molecule has 3 aromatic rings. The summed E-state index contributed by atoms with van der Waals surface area (Å²) in [7, 11) is -3.52. The first kappa shape index (κ1) is 23.4. The van der Waals surface area contributed by atoms with E-state index in [4.69, 9.17) is 9.97 Å². The van der Waals surface area contributed by atoms with Gasteiger partial charge in [0.2, 0.25) is 10.0 Å². The van der Waals surface area contributed by atoms with E-state index in [2.05, 4.69) is 18.7 Å². The van der Waals surface area contributed by atoms with E-state index >= 15 is 0 Å². The molecule has 174 valence electrons. The van der Waals surface area contributed by atoms with Crippen LogP contribution in [0.15, 0.2) is 59.5 Å². The summed E-state index contributed by atoms with van der Waals surface area (Å²) in [5.41, 5.74) is 4.13. The van der Waals surface area contributed by atoms with Gasteiger partial charge in [-0.2, -0.15) is 4.31 Å².